The molecule has 1 heterocycles. The number of esters is 1. The maximum atomic E-state index is 12.3. The van der Waals surface area contributed by atoms with Crippen LogP contribution in [0.2, 0.25) is 0 Å². The van der Waals surface area contributed by atoms with Crippen molar-refractivity contribution in [3.05, 3.63) is 76.4 Å². The van der Waals surface area contributed by atoms with E-state index in [2.05, 4.69) is 17.5 Å². The molecule has 1 aliphatic heterocycles. The molecule has 2 aliphatic rings. The largest absolute Gasteiger partial charge is 0.478 e. The molecule has 1 aliphatic carbocycles. The number of rotatable bonds is 3. The van der Waals surface area contributed by atoms with Crippen LogP contribution in [0, 0.1) is 12.8 Å². The Labute approximate surface area is 157 Å². The van der Waals surface area contributed by atoms with Crippen molar-refractivity contribution in [2.24, 2.45) is 5.92 Å². The summed E-state index contributed by atoms with van der Waals surface area (Å²) in [6.45, 7) is 2.02. The average molecular weight is 363 g/mol. The molecule has 5 nitrogen and oxygen atoms in total. The van der Waals surface area contributed by atoms with Gasteiger partial charge in [-0.15, -0.1) is 0 Å². The number of carboxylic acid groups (broad SMARTS) is 1. The summed E-state index contributed by atoms with van der Waals surface area (Å²) in [5, 5.41) is 12.8. The Morgan fingerprint density at radius 2 is 1.89 bits per heavy atom. The lowest BCUT2D eigenvalue weighted by molar-refractivity contribution is 0.0597. The molecule has 0 amide bonds. The highest BCUT2D eigenvalue weighted by atomic mass is 16.5. The minimum absolute atomic E-state index is 0.0481. The molecule has 2 aromatic carbocycles. The van der Waals surface area contributed by atoms with E-state index in [9.17, 15) is 9.59 Å². The van der Waals surface area contributed by atoms with Gasteiger partial charge in [-0.3, -0.25) is 0 Å². The molecule has 0 saturated carbocycles. The molecule has 0 radical (unpaired) electrons. The van der Waals surface area contributed by atoms with Crippen LogP contribution >= 0.6 is 0 Å². The number of aromatic carboxylic acids is 1. The molecule has 2 aromatic rings. The Morgan fingerprint density at radius 1 is 1.15 bits per heavy atom. The topological polar surface area (TPSA) is 75.6 Å². The minimum Gasteiger partial charge on any atom is -0.478 e. The van der Waals surface area contributed by atoms with Crippen molar-refractivity contribution in [3.63, 3.8) is 0 Å². The van der Waals surface area contributed by atoms with Gasteiger partial charge >= 0.3 is 11.9 Å². The van der Waals surface area contributed by atoms with Crippen molar-refractivity contribution >= 4 is 17.6 Å². The fourth-order valence-electron chi connectivity index (χ4n) is 4.31. The van der Waals surface area contributed by atoms with Gasteiger partial charge in [0, 0.05) is 11.6 Å². The van der Waals surface area contributed by atoms with Gasteiger partial charge in [0.15, 0.2) is 0 Å². The molecule has 0 unspecified atom stereocenters. The van der Waals surface area contributed by atoms with Crippen molar-refractivity contribution in [3.8, 4) is 0 Å². The summed E-state index contributed by atoms with van der Waals surface area (Å²) in [5.41, 5.74) is 4.97. The highest BCUT2D eigenvalue weighted by molar-refractivity contribution is 5.94. The van der Waals surface area contributed by atoms with E-state index in [0.717, 1.165) is 28.8 Å². The van der Waals surface area contributed by atoms with Crippen LogP contribution in [0.5, 0.6) is 0 Å². The van der Waals surface area contributed by atoms with Gasteiger partial charge in [0.05, 0.1) is 24.3 Å². The van der Waals surface area contributed by atoms with Crippen molar-refractivity contribution < 1.29 is 19.4 Å². The normalized spacial score (nSPS) is 22.5. The summed E-state index contributed by atoms with van der Waals surface area (Å²) < 4.78 is 4.99. The van der Waals surface area contributed by atoms with Crippen LogP contribution in [-0.4, -0.2) is 24.2 Å². The summed E-state index contributed by atoms with van der Waals surface area (Å²) >= 11 is 0. The number of nitrogens with one attached hydrogen (secondary N) is 1. The van der Waals surface area contributed by atoms with Gasteiger partial charge in [0.1, 0.15) is 0 Å². The molecular weight excluding hydrogens is 342 g/mol. The van der Waals surface area contributed by atoms with Gasteiger partial charge in [-0.2, -0.15) is 0 Å². The molecule has 0 bridgehead atoms. The van der Waals surface area contributed by atoms with Crippen LogP contribution < -0.4 is 5.32 Å². The number of hydrogen-bond acceptors (Lipinski definition) is 4. The minimum atomic E-state index is -0.928. The highest BCUT2D eigenvalue weighted by Gasteiger charge is 2.40. The second-order valence-electron chi connectivity index (χ2n) is 7.11. The molecule has 5 heteroatoms. The Hall–Kier alpha value is -3.08. The van der Waals surface area contributed by atoms with E-state index in [1.807, 2.05) is 31.2 Å². The molecule has 0 spiro atoms. The standard InChI is InChI=1S/C22H21NO4/c1-12-6-11-17(22(26)27-2)18-15-4-3-5-16(15)20(23-19(12)18)13-7-9-14(10-8-13)21(24)25/h3-4,6-11,15-16,20,23H,5H2,1-2H3,(H,24,25)/t15-,16+,20-/m0/s1. The first-order valence-corrected chi connectivity index (χ1v) is 8.99. The van der Waals surface area contributed by atoms with Crippen LogP contribution in [0.3, 0.4) is 0 Å². The summed E-state index contributed by atoms with van der Waals surface area (Å²) in [7, 11) is 1.40. The van der Waals surface area contributed by atoms with Crippen molar-refractivity contribution in [1.82, 2.24) is 0 Å². The predicted octanol–water partition coefficient (Wildman–Crippen LogP) is 4.31. The van der Waals surface area contributed by atoms with Crippen molar-refractivity contribution in [2.75, 3.05) is 12.4 Å². The molecule has 0 saturated heterocycles. The van der Waals surface area contributed by atoms with Gasteiger partial charge in [-0.25, -0.2) is 9.59 Å². The number of aryl methyl sites for hydroxylation is 1. The average Bonchev–Trinajstić information content (AvgIpc) is 3.17. The van der Waals surface area contributed by atoms with Crippen LogP contribution in [-0.2, 0) is 4.74 Å². The van der Waals surface area contributed by atoms with E-state index in [4.69, 9.17) is 9.84 Å². The number of methoxy groups -OCH3 is 1. The molecule has 0 fully saturated rings. The first-order chi connectivity index (χ1) is 13.0. The second-order valence-corrected chi connectivity index (χ2v) is 7.11. The van der Waals surface area contributed by atoms with E-state index < -0.39 is 5.97 Å². The number of hydrogen-bond donors (Lipinski definition) is 2. The molecule has 3 atom stereocenters. The Balaban J connectivity index is 1.80. The van der Waals surface area contributed by atoms with E-state index in [-0.39, 0.29) is 29.4 Å². The zero-order chi connectivity index (χ0) is 19.1. The van der Waals surface area contributed by atoms with Crippen molar-refractivity contribution in [2.45, 2.75) is 25.3 Å². The van der Waals surface area contributed by atoms with Crippen LogP contribution in [0.4, 0.5) is 5.69 Å². The number of anilines is 1. The Morgan fingerprint density at radius 3 is 2.56 bits per heavy atom. The van der Waals surface area contributed by atoms with Crippen LogP contribution in [0.1, 0.15) is 55.8 Å². The first kappa shape index (κ1) is 17.3. The number of carboxylic acids is 1. The molecule has 0 aromatic heterocycles. The van der Waals surface area contributed by atoms with Crippen molar-refractivity contribution in [1.29, 1.82) is 0 Å². The Kier molecular flexibility index (Phi) is 4.22. The quantitative estimate of drug-likeness (QED) is 0.628. The lowest BCUT2D eigenvalue weighted by atomic mass is 9.74. The molecular formula is C22H21NO4. The fourth-order valence-corrected chi connectivity index (χ4v) is 4.31. The Bertz CT molecular complexity index is 946. The fraction of sp³-hybridized carbons (Fsp3) is 0.273. The van der Waals surface area contributed by atoms with E-state index in [1.165, 1.54) is 7.11 Å². The molecule has 2 N–H and O–H groups in total. The second kappa shape index (κ2) is 6.58. The third kappa shape index (κ3) is 2.79. The maximum Gasteiger partial charge on any atom is 0.338 e. The molecule has 4 rings (SSSR count). The smallest absolute Gasteiger partial charge is 0.338 e. The van der Waals surface area contributed by atoms with Gasteiger partial charge in [-0.1, -0.05) is 30.4 Å². The number of benzene rings is 2. The molecule has 27 heavy (non-hydrogen) atoms. The van der Waals surface area contributed by atoms with Gasteiger partial charge in [0.2, 0.25) is 0 Å². The maximum absolute atomic E-state index is 12.3. The van der Waals surface area contributed by atoms with Crippen LogP contribution in [0.25, 0.3) is 0 Å². The highest BCUT2D eigenvalue weighted by Crippen LogP contribution is 2.51. The number of carbonyl (C=O) groups is 2. The number of fused-ring (bicyclic) bond motifs is 3. The van der Waals surface area contributed by atoms with Gasteiger partial charge in [0.25, 0.3) is 0 Å². The third-order valence-corrected chi connectivity index (χ3v) is 5.65. The van der Waals surface area contributed by atoms with Gasteiger partial charge in [-0.05, 0) is 54.2 Å². The number of carbonyl (C=O) groups excluding carboxylic acids is 1. The monoisotopic (exact) mass is 363 g/mol. The molecule has 138 valence electrons. The zero-order valence-electron chi connectivity index (χ0n) is 15.2. The SMILES string of the molecule is COC(=O)c1ccc(C)c2c1[C@H]1C=CC[C@H]1[C@H](c1ccc(C(=O)O)cc1)N2. The summed E-state index contributed by atoms with van der Waals surface area (Å²) in [4.78, 5) is 23.4. The summed E-state index contributed by atoms with van der Waals surface area (Å²) in [5.74, 6) is -0.864. The summed E-state index contributed by atoms with van der Waals surface area (Å²) in [6, 6.07) is 10.9. The number of ether oxygens (including phenoxy) is 1. The predicted molar refractivity (Wildman–Crippen MR) is 102 cm³/mol. The zero-order valence-corrected chi connectivity index (χ0v) is 15.2. The lowest BCUT2D eigenvalue weighted by Gasteiger charge is -2.39. The van der Waals surface area contributed by atoms with E-state index in [0.29, 0.717) is 5.56 Å². The lowest BCUT2D eigenvalue weighted by Crippen LogP contribution is -2.31. The van der Waals surface area contributed by atoms with Gasteiger partial charge < -0.3 is 15.2 Å². The van der Waals surface area contributed by atoms with E-state index in [1.54, 1.807) is 12.1 Å². The first-order valence-electron chi connectivity index (χ1n) is 8.99. The third-order valence-electron chi connectivity index (χ3n) is 5.65. The van der Waals surface area contributed by atoms with Crippen LogP contribution in [0.15, 0.2) is 48.6 Å². The summed E-state index contributed by atoms with van der Waals surface area (Å²) in [6.07, 6.45) is 5.24. The number of allylic oxidation sites excluding steroid dienone is 2. The van der Waals surface area contributed by atoms with E-state index >= 15 is 0 Å².